The number of ether oxygens (including phenoxy) is 6. The molecule has 242 valence electrons. The van der Waals surface area contributed by atoms with E-state index in [2.05, 4.69) is 11.8 Å². The highest BCUT2D eigenvalue weighted by Gasteiger charge is 2.87. The molecule has 2 N–H and O–H groups in total. The van der Waals surface area contributed by atoms with Crippen LogP contribution in [-0.2, 0) is 28.5 Å². The van der Waals surface area contributed by atoms with Gasteiger partial charge in [0.15, 0.2) is 5.78 Å². The number of piperidine rings is 1. The van der Waals surface area contributed by atoms with E-state index in [0.29, 0.717) is 37.4 Å². The van der Waals surface area contributed by atoms with Crippen LogP contribution in [-0.4, -0.2) is 124 Å². The van der Waals surface area contributed by atoms with Crippen LogP contribution >= 0.6 is 0 Å². The lowest BCUT2D eigenvalue weighted by atomic mass is 9.43. The normalized spacial score (nSPS) is 48.4. The van der Waals surface area contributed by atoms with Crippen molar-refractivity contribution in [3.8, 4) is 5.75 Å². The molecule has 5 saturated carbocycles. The number of carbonyl (C=O) groups is 2. The predicted molar refractivity (Wildman–Crippen MR) is 155 cm³/mol. The summed E-state index contributed by atoms with van der Waals surface area (Å²) in [6, 6.07) is 6.53. The fourth-order valence-electron chi connectivity index (χ4n) is 11.8. The van der Waals surface area contributed by atoms with Gasteiger partial charge < -0.3 is 38.6 Å². The summed E-state index contributed by atoms with van der Waals surface area (Å²) in [5.41, 5.74) is -2.69. The Balaban J connectivity index is 1.42. The molecule has 44 heavy (non-hydrogen) atoms. The summed E-state index contributed by atoms with van der Waals surface area (Å²) in [4.78, 5) is 30.6. The molecule has 0 aromatic heterocycles. The van der Waals surface area contributed by atoms with Crippen molar-refractivity contribution in [2.75, 3.05) is 55.2 Å². The summed E-state index contributed by atoms with van der Waals surface area (Å²) in [5.74, 6) is -1.98. The molecule has 1 aromatic rings. The quantitative estimate of drug-likeness (QED) is 0.388. The number of Topliss-reactive ketones (excluding diaryl/α,β-unsaturated/α-hetero) is 1. The SMILES string of the molecule is CCN1C[C@]2(COC)[C@H](O)CC(OC)C34C1C(C(OC)[C@@H]32)[C@H]1C(=O)[C@@H](OC)[C@]2(O)C[C@H]4[C@@H]1[C@H]2OC(=O)c1ccc(OC)cc1. The lowest BCUT2D eigenvalue weighted by molar-refractivity contribution is -0.280. The Labute approximate surface area is 258 Å². The van der Waals surface area contributed by atoms with Crippen molar-refractivity contribution in [3.63, 3.8) is 0 Å². The Morgan fingerprint density at radius 2 is 1.77 bits per heavy atom. The molecule has 6 aliphatic rings. The number of benzene rings is 1. The van der Waals surface area contributed by atoms with Gasteiger partial charge in [-0.2, -0.15) is 0 Å². The maximum atomic E-state index is 14.5. The molecule has 0 radical (unpaired) electrons. The first kappa shape index (κ1) is 30.5. The summed E-state index contributed by atoms with van der Waals surface area (Å²) in [6.45, 7) is 3.73. The zero-order chi connectivity index (χ0) is 31.3. The number of fused-ring (bicyclic) bond motifs is 2. The van der Waals surface area contributed by atoms with Gasteiger partial charge in [-0.15, -0.1) is 0 Å². The lowest BCUT2D eigenvalue weighted by Gasteiger charge is -2.69. The maximum Gasteiger partial charge on any atom is 0.338 e. The van der Waals surface area contributed by atoms with Crippen LogP contribution < -0.4 is 4.74 Å². The highest BCUT2D eigenvalue weighted by molar-refractivity contribution is 5.92. The van der Waals surface area contributed by atoms with E-state index in [1.54, 1.807) is 52.7 Å². The minimum Gasteiger partial charge on any atom is -0.497 e. The van der Waals surface area contributed by atoms with E-state index in [-0.39, 0.29) is 48.2 Å². The Hall–Kier alpha value is -2.12. The van der Waals surface area contributed by atoms with Crippen molar-refractivity contribution < 1.29 is 48.2 Å². The minimum atomic E-state index is -1.73. The van der Waals surface area contributed by atoms with Gasteiger partial charge in [0.25, 0.3) is 0 Å². The van der Waals surface area contributed by atoms with Crippen molar-refractivity contribution in [1.82, 2.24) is 4.90 Å². The molecule has 5 unspecified atom stereocenters. The van der Waals surface area contributed by atoms with Crippen LogP contribution in [0.2, 0.25) is 0 Å². The van der Waals surface area contributed by atoms with Crippen molar-refractivity contribution in [1.29, 1.82) is 0 Å². The molecule has 5 aliphatic carbocycles. The number of hydrogen-bond acceptors (Lipinski definition) is 11. The van der Waals surface area contributed by atoms with Gasteiger partial charge in [0, 0.05) is 81.9 Å². The molecule has 6 fully saturated rings. The van der Waals surface area contributed by atoms with Gasteiger partial charge in [0.05, 0.1) is 37.6 Å². The van der Waals surface area contributed by atoms with Crippen molar-refractivity contribution in [3.05, 3.63) is 29.8 Å². The van der Waals surface area contributed by atoms with Gasteiger partial charge in [-0.1, -0.05) is 6.92 Å². The van der Waals surface area contributed by atoms with Gasteiger partial charge in [-0.05, 0) is 43.1 Å². The largest absolute Gasteiger partial charge is 0.497 e. The first-order valence-electron chi connectivity index (χ1n) is 15.7. The molecule has 1 saturated heterocycles. The summed E-state index contributed by atoms with van der Waals surface area (Å²) >= 11 is 0. The molecular formula is C33H45NO10. The molecule has 11 nitrogen and oxygen atoms in total. The first-order valence-corrected chi connectivity index (χ1v) is 15.7. The average molecular weight is 616 g/mol. The van der Waals surface area contributed by atoms with E-state index in [4.69, 9.17) is 28.4 Å². The molecule has 0 amide bonds. The highest BCUT2D eigenvalue weighted by Crippen LogP contribution is 2.78. The maximum absolute atomic E-state index is 14.5. The molecular weight excluding hydrogens is 570 g/mol. The predicted octanol–water partition coefficient (Wildman–Crippen LogP) is 1.18. The third-order valence-electron chi connectivity index (χ3n) is 12.8. The highest BCUT2D eigenvalue weighted by atomic mass is 16.6. The van der Waals surface area contributed by atoms with Crippen molar-refractivity contribution in [2.45, 2.75) is 61.9 Å². The lowest BCUT2D eigenvalue weighted by Crippen LogP contribution is -2.77. The van der Waals surface area contributed by atoms with Crippen LogP contribution in [0.4, 0.5) is 0 Å². The third-order valence-corrected chi connectivity index (χ3v) is 12.8. The summed E-state index contributed by atoms with van der Waals surface area (Å²) in [7, 11) is 8.02. The number of aliphatic hydroxyl groups is 2. The Kier molecular flexibility index (Phi) is 7.25. The van der Waals surface area contributed by atoms with Gasteiger partial charge in [0.1, 0.15) is 23.6 Å². The van der Waals surface area contributed by atoms with Crippen LogP contribution in [0, 0.1) is 40.4 Å². The Morgan fingerprint density at radius 3 is 2.36 bits per heavy atom. The second kappa shape index (κ2) is 10.4. The van der Waals surface area contributed by atoms with Gasteiger partial charge >= 0.3 is 5.97 Å². The molecule has 11 heteroatoms. The number of aliphatic hydroxyl groups excluding tert-OH is 1. The van der Waals surface area contributed by atoms with Gasteiger partial charge in [-0.3, -0.25) is 9.69 Å². The number of esters is 1. The molecule has 7 rings (SSSR count). The van der Waals surface area contributed by atoms with Crippen molar-refractivity contribution >= 4 is 11.8 Å². The number of methoxy groups -OCH3 is 5. The van der Waals surface area contributed by atoms with E-state index in [1.165, 1.54) is 7.11 Å². The molecule has 1 aliphatic heterocycles. The van der Waals surface area contributed by atoms with Crippen LogP contribution in [0.5, 0.6) is 5.75 Å². The molecule has 7 bridgehead atoms. The first-order chi connectivity index (χ1) is 21.1. The molecule has 1 heterocycles. The zero-order valence-electron chi connectivity index (χ0n) is 26.3. The van der Waals surface area contributed by atoms with Crippen molar-refractivity contribution in [2.24, 2.45) is 40.4 Å². The fraction of sp³-hybridized carbons (Fsp3) is 0.758. The van der Waals surface area contributed by atoms with E-state index < -0.39 is 52.5 Å². The van der Waals surface area contributed by atoms with E-state index in [9.17, 15) is 19.8 Å². The zero-order valence-corrected chi connectivity index (χ0v) is 26.3. The number of likely N-dealkylation sites (tertiary alicyclic amines) is 1. The number of carbonyl (C=O) groups excluding carboxylic acids is 2. The summed E-state index contributed by atoms with van der Waals surface area (Å²) in [5, 5.41) is 24.4. The number of nitrogens with zero attached hydrogens (tertiary/aromatic N) is 1. The number of ketones is 1. The van der Waals surface area contributed by atoms with E-state index >= 15 is 0 Å². The molecule has 14 atom stereocenters. The van der Waals surface area contributed by atoms with E-state index in [0.717, 1.165) is 0 Å². The Bertz CT molecular complexity index is 1310. The summed E-state index contributed by atoms with van der Waals surface area (Å²) < 4.78 is 36.0. The smallest absolute Gasteiger partial charge is 0.338 e. The number of rotatable bonds is 9. The topological polar surface area (TPSA) is 133 Å². The van der Waals surface area contributed by atoms with Gasteiger partial charge in [-0.25, -0.2) is 4.79 Å². The van der Waals surface area contributed by atoms with Gasteiger partial charge in [0.2, 0.25) is 0 Å². The van der Waals surface area contributed by atoms with Crippen LogP contribution in [0.15, 0.2) is 24.3 Å². The van der Waals surface area contributed by atoms with Crippen LogP contribution in [0.25, 0.3) is 0 Å². The third kappa shape index (κ3) is 3.47. The minimum absolute atomic E-state index is 0.101. The standard InChI is InChI=1S/C33H45NO10/c1-7-34-14-31(15-39-2)19(35)12-20(41-4)33-18-13-32(38)28(44-30(37)16-8-10-17(40-3)11-9-16)21(18)22(24(36)29(32)43-6)23(27(33)34)25(42-5)26(31)33/h8-11,18-23,25-29,35,38H,7,12-15H2,1-6H3/t18-,19+,20?,21-,22-,23?,25?,26+,27?,28+,29+,31-,32-,33?/m0/s1. The molecule has 1 aromatic carbocycles. The number of hydrogen-bond donors (Lipinski definition) is 2. The second-order valence-corrected chi connectivity index (χ2v) is 13.9. The van der Waals surface area contributed by atoms with Crippen LogP contribution in [0.3, 0.4) is 0 Å². The fourth-order valence-corrected chi connectivity index (χ4v) is 11.8. The molecule has 1 spiro atoms. The second-order valence-electron chi connectivity index (χ2n) is 13.9. The Morgan fingerprint density at radius 1 is 1.05 bits per heavy atom. The van der Waals surface area contributed by atoms with Crippen LogP contribution in [0.1, 0.15) is 30.1 Å². The van der Waals surface area contributed by atoms with E-state index in [1.807, 2.05) is 0 Å². The summed E-state index contributed by atoms with van der Waals surface area (Å²) in [6.07, 6.45) is -3.03. The average Bonchev–Trinajstić information content (AvgIpc) is 3.36. The monoisotopic (exact) mass is 615 g/mol.